The minimum atomic E-state index is -3.59. The van der Waals surface area contributed by atoms with Crippen molar-refractivity contribution in [2.75, 3.05) is 0 Å². The number of fused-ring (bicyclic) bond motifs is 2. The van der Waals surface area contributed by atoms with E-state index in [0.29, 0.717) is 16.1 Å². The molecule has 0 saturated carbocycles. The van der Waals surface area contributed by atoms with Gasteiger partial charge in [-0.15, -0.1) is 0 Å². The van der Waals surface area contributed by atoms with Gasteiger partial charge in [-0.3, -0.25) is 4.98 Å². The monoisotopic (exact) mass is 407 g/mol. The summed E-state index contributed by atoms with van der Waals surface area (Å²) < 4.78 is 41.2. The first-order valence-electron chi connectivity index (χ1n) is 9.28. The summed E-state index contributed by atoms with van der Waals surface area (Å²) in [6.45, 7) is 2.11. The van der Waals surface area contributed by atoms with Crippen molar-refractivity contribution >= 4 is 20.9 Å². The number of pyridine rings is 1. The van der Waals surface area contributed by atoms with Crippen molar-refractivity contribution in [3.63, 3.8) is 0 Å². The van der Waals surface area contributed by atoms with Crippen molar-refractivity contribution in [1.82, 2.24) is 14.3 Å². The number of hydrogen-bond acceptors (Lipinski definition) is 3. The van der Waals surface area contributed by atoms with E-state index >= 15 is 0 Å². The lowest BCUT2D eigenvalue weighted by atomic mass is 9.99. The molecule has 1 aliphatic rings. The number of sulfonamides is 1. The molecular weight excluding hydrogens is 389 g/mol. The Balaban J connectivity index is 1.57. The van der Waals surface area contributed by atoms with E-state index in [4.69, 9.17) is 0 Å². The molecule has 0 unspecified atom stereocenters. The lowest BCUT2D eigenvalue weighted by Gasteiger charge is -2.19. The van der Waals surface area contributed by atoms with Gasteiger partial charge in [0, 0.05) is 34.9 Å². The van der Waals surface area contributed by atoms with Crippen molar-refractivity contribution in [2.45, 2.75) is 24.4 Å². The standard InChI is InChI=1S/C22H18FN3O2S/c1-14-19-10-15(20-12-25-21-11-16(23)6-7-18(20)21)5-8-22(19)29(27,28)26(14)13-17-4-2-3-9-24-17/h2-12,14,25H,13H2,1H3/t14-/m1/s1. The minimum Gasteiger partial charge on any atom is -0.360 e. The Kier molecular flexibility index (Phi) is 4.04. The quantitative estimate of drug-likeness (QED) is 0.538. The van der Waals surface area contributed by atoms with Crippen LogP contribution >= 0.6 is 0 Å². The first-order valence-corrected chi connectivity index (χ1v) is 10.7. The van der Waals surface area contributed by atoms with E-state index in [1.807, 2.05) is 31.3 Å². The zero-order valence-electron chi connectivity index (χ0n) is 15.6. The number of rotatable bonds is 3. The van der Waals surface area contributed by atoms with Crippen LogP contribution in [0.15, 0.2) is 71.9 Å². The smallest absolute Gasteiger partial charge is 0.244 e. The number of halogens is 1. The van der Waals surface area contributed by atoms with Crippen LogP contribution in [0, 0.1) is 5.82 Å². The average molecular weight is 407 g/mol. The van der Waals surface area contributed by atoms with Crippen LogP contribution in [0.5, 0.6) is 0 Å². The predicted molar refractivity (Wildman–Crippen MR) is 109 cm³/mol. The van der Waals surface area contributed by atoms with Crippen molar-refractivity contribution in [2.24, 2.45) is 0 Å². The fourth-order valence-corrected chi connectivity index (χ4v) is 5.83. The topological polar surface area (TPSA) is 66.1 Å². The number of benzene rings is 2. The minimum absolute atomic E-state index is 0.223. The highest BCUT2D eigenvalue weighted by Crippen LogP contribution is 2.42. The number of aromatic amines is 1. The Morgan fingerprint density at radius 1 is 1.14 bits per heavy atom. The molecule has 0 aliphatic carbocycles. The Hall–Kier alpha value is -3.03. The second-order valence-electron chi connectivity index (χ2n) is 7.19. The Bertz CT molecular complexity index is 1330. The SMILES string of the molecule is C[C@@H]1c2cc(-c3c[nH]c4cc(F)ccc34)ccc2S(=O)(=O)N1Cc1ccccn1. The molecule has 29 heavy (non-hydrogen) atoms. The summed E-state index contributed by atoms with van der Waals surface area (Å²) in [5.74, 6) is -0.301. The first-order chi connectivity index (χ1) is 13.9. The zero-order chi connectivity index (χ0) is 20.2. The third kappa shape index (κ3) is 2.85. The summed E-state index contributed by atoms with van der Waals surface area (Å²) in [7, 11) is -3.59. The number of aromatic nitrogens is 2. The molecule has 146 valence electrons. The molecule has 2 aromatic carbocycles. The highest BCUT2D eigenvalue weighted by molar-refractivity contribution is 7.89. The van der Waals surface area contributed by atoms with E-state index < -0.39 is 10.0 Å². The van der Waals surface area contributed by atoms with Crippen molar-refractivity contribution in [3.05, 3.63) is 84.1 Å². The molecule has 4 aromatic rings. The molecule has 0 bridgehead atoms. The third-order valence-electron chi connectivity index (χ3n) is 5.48. The second kappa shape index (κ2) is 6.50. The summed E-state index contributed by atoms with van der Waals surface area (Å²) >= 11 is 0. The Morgan fingerprint density at radius 3 is 2.79 bits per heavy atom. The largest absolute Gasteiger partial charge is 0.360 e. The van der Waals surface area contributed by atoms with Crippen LogP contribution in [0.4, 0.5) is 4.39 Å². The maximum Gasteiger partial charge on any atom is 0.244 e. The van der Waals surface area contributed by atoms with Crippen LogP contribution in [0.25, 0.3) is 22.0 Å². The summed E-state index contributed by atoms with van der Waals surface area (Å²) in [4.78, 5) is 7.68. The highest BCUT2D eigenvalue weighted by atomic mass is 32.2. The number of H-pyrrole nitrogens is 1. The van der Waals surface area contributed by atoms with Crippen molar-refractivity contribution in [1.29, 1.82) is 0 Å². The number of hydrogen-bond donors (Lipinski definition) is 1. The molecule has 0 spiro atoms. The summed E-state index contributed by atoms with van der Waals surface area (Å²) in [6, 6.07) is 15.2. The fourth-order valence-electron chi connectivity index (χ4n) is 3.98. The van der Waals surface area contributed by atoms with Gasteiger partial charge in [-0.25, -0.2) is 12.8 Å². The molecule has 5 rings (SSSR count). The van der Waals surface area contributed by atoms with Gasteiger partial charge in [0.2, 0.25) is 10.0 Å². The molecule has 2 aromatic heterocycles. The van der Waals surface area contributed by atoms with Gasteiger partial charge in [-0.05, 0) is 60.5 Å². The molecule has 1 aliphatic heterocycles. The Morgan fingerprint density at radius 2 is 2.00 bits per heavy atom. The zero-order valence-corrected chi connectivity index (χ0v) is 16.4. The van der Waals surface area contributed by atoms with E-state index in [1.165, 1.54) is 16.4 Å². The van der Waals surface area contributed by atoms with Crippen LogP contribution in [-0.4, -0.2) is 22.7 Å². The van der Waals surface area contributed by atoms with Crippen LogP contribution in [0.1, 0.15) is 24.2 Å². The normalized spacial score (nSPS) is 18.2. The maximum atomic E-state index is 13.5. The van der Waals surface area contributed by atoms with Gasteiger partial charge in [0.15, 0.2) is 0 Å². The predicted octanol–water partition coefficient (Wildman–Crippen LogP) is 4.63. The second-order valence-corrected chi connectivity index (χ2v) is 9.05. The van der Waals surface area contributed by atoms with Crippen LogP contribution in [-0.2, 0) is 16.6 Å². The van der Waals surface area contributed by atoms with E-state index in [0.717, 1.165) is 22.1 Å². The van der Waals surface area contributed by atoms with E-state index in [1.54, 1.807) is 30.5 Å². The summed E-state index contributed by atoms with van der Waals surface area (Å²) in [5, 5.41) is 0.894. The van der Waals surface area contributed by atoms with Crippen molar-refractivity contribution < 1.29 is 12.8 Å². The summed E-state index contributed by atoms with van der Waals surface area (Å²) in [6.07, 6.45) is 3.49. The first kappa shape index (κ1) is 18.0. The molecule has 0 amide bonds. The van der Waals surface area contributed by atoms with E-state index in [9.17, 15) is 12.8 Å². The van der Waals surface area contributed by atoms with Crippen LogP contribution in [0.3, 0.4) is 0 Å². The average Bonchev–Trinajstić information content (AvgIpc) is 3.21. The molecule has 5 nitrogen and oxygen atoms in total. The third-order valence-corrected chi connectivity index (χ3v) is 7.47. The highest BCUT2D eigenvalue weighted by Gasteiger charge is 2.40. The number of nitrogens with zero attached hydrogens (tertiary/aromatic N) is 2. The van der Waals surface area contributed by atoms with Gasteiger partial charge in [0.05, 0.1) is 17.1 Å². The molecule has 1 atom stereocenters. The van der Waals surface area contributed by atoms with Gasteiger partial charge in [0.1, 0.15) is 5.82 Å². The molecular formula is C22H18FN3O2S. The lowest BCUT2D eigenvalue weighted by molar-refractivity contribution is 0.350. The van der Waals surface area contributed by atoms with E-state index in [-0.39, 0.29) is 18.4 Å². The molecule has 0 saturated heterocycles. The van der Waals surface area contributed by atoms with Gasteiger partial charge < -0.3 is 4.98 Å². The maximum absolute atomic E-state index is 13.5. The van der Waals surface area contributed by atoms with Gasteiger partial charge in [-0.2, -0.15) is 4.31 Å². The Labute approximate surface area is 167 Å². The van der Waals surface area contributed by atoms with Crippen molar-refractivity contribution in [3.8, 4) is 11.1 Å². The van der Waals surface area contributed by atoms with E-state index in [2.05, 4.69) is 9.97 Å². The molecule has 1 N–H and O–H groups in total. The lowest BCUT2D eigenvalue weighted by Crippen LogP contribution is -2.26. The molecule has 3 heterocycles. The fraction of sp³-hybridized carbons (Fsp3) is 0.136. The summed E-state index contributed by atoms with van der Waals surface area (Å²) in [5.41, 5.74) is 3.97. The van der Waals surface area contributed by atoms with Gasteiger partial charge >= 0.3 is 0 Å². The molecule has 0 radical (unpaired) electrons. The van der Waals surface area contributed by atoms with Crippen LogP contribution < -0.4 is 0 Å². The van der Waals surface area contributed by atoms with Gasteiger partial charge in [-0.1, -0.05) is 12.1 Å². The molecule has 0 fully saturated rings. The van der Waals surface area contributed by atoms with Crippen LogP contribution in [0.2, 0.25) is 0 Å². The molecule has 7 heteroatoms. The van der Waals surface area contributed by atoms with Gasteiger partial charge in [0.25, 0.3) is 0 Å². The number of nitrogens with one attached hydrogen (secondary N) is 1.